The lowest BCUT2D eigenvalue weighted by Gasteiger charge is -2.42. The van der Waals surface area contributed by atoms with Gasteiger partial charge in [0, 0.05) is 35.3 Å². The van der Waals surface area contributed by atoms with Crippen molar-refractivity contribution in [1.82, 2.24) is 19.9 Å². The number of carbonyl (C=O) groups excluding carboxylic acids is 2. The molecule has 0 N–H and O–H groups in total. The molecule has 1 amide bonds. The van der Waals surface area contributed by atoms with Gasteiger partial charge in [-0.1, -0.05) is 41.9 Å². The van der Waals surface area contributed by atoms with E-state index in [0.717, 1.165) is 18.2 Å². The SMILES string of the molecule is CCOC(=O)COc1nc(N2C[C@H]3CC[C@@H](C2)N3C(=O)OC(C)(C)C)c2cnc(-c3cccc4cccc(Cl)c34)c(F)c2n1. The zero-order valence-corrected chi connectivity index (χ0v) is 25.7. The maximum atomic E-state index is 16.5. The Labute approximate surface area is 259 Å². The van der Waals surface area contributed by atoms with Crippen LogP contribution in [0.15, 0.2) is 42.6 Å². The Morgan fingerprint density at radius 1 is 1.07 bits per heavy atom. The molecular formula is C32H33ClFN5O5. The number of hydrogen-bond acceptors (Lipinski definition) is 9. The van der Waals surface area contributed by atoms with Crippen molar-refractivity contribution >= 4 is 51.2 Å². The van der Waals surface area contributed by atoms with Crippen molar-refractivity contribution in [3.63, 3.8) is 0 Å². The standard InChI is InChI=1S/C32H33ClFN5O5/c1-5-42-24(40)17-43-30-36-28-22(14-35-27(26(28)34)21-10-6-8-18-9-7-11-23(33)25(18)21)29(37-30)38-15-19-12-13-20(16-38)39(19)31(41)44-32(2,3)4/h6-11,14,19-20H,5,12-13,15-17H2,1-4H3/t19-,20+. The summed E-state index contributed by atoms with van der Waals surface area (Å²) in [4.78, 5) is 42.5. The molecule has 0 saturated carbocycles. The number of amides is 1. The number of piperazine rings is 1. The van der Waals surface area contributed by atoms with Crippen LogP contribution in [-0.4, -0.2) is 75.9 Å². The van der Waals surface area contributed by atoms with Gasteiger partial charge in [0.1, 0.15) is 22.6 Å². The Kier molecular flexibility index (Phi) is 7.91. The lowest BCUT2D eigenvalue weighted by atomic mass is 10.0. The topological polar surface area (TPSA) is 107 Å². The smallest absolute Gasteiger partial charge is 0.410 e. The van der Waals surface area contributed by atoms with Crippen LogP contribution in [0.2, 0.25) is 5.02 Å². The Morgan fingerprint density at radius 2 is 1.77 bits per heavy atom. The Balaban J connectivity index is 1.42. The fourth-order valence-corrected chi connectivity index (χ4v) is 6.31. The van der Waals surface area contributed by atoms with E-state index in [4.69, 9.17) is 25.8 Å². The Morgan fingerprint density at radius 3 is 2.45 bits per heavy atom. The van der Waals surface area contributed by atoms with Gasteiger partial charge in [-0.3, -0.25) is 9.88 Å². The summed E-state index contributed by atoms with van der Waals surface area (Å²) in [7, 11) is 0. The van der Waals surface area contributed by atoms with E-state index in [2.05, 4.69) is 15.0 Å². The molecule has 4 aromatic rings. The quantitative estimate of drug-likeness (QED) is 0.234. The van der Waals surface area contributed by atoms with Crippen molar-refractivity contribution in [2.75, 3.05) is 31.2 Å². The second-order valence-electron chi connectivity index (χ2n) is 11.9. The lowest BCUT2D eigenvalue weighted by Crippen LogP contribution is -2.57. The van der Waals surface area contributed by atoms with Crippen LogP contribution >= 0.6 is 11.6 Å². The molecule has 44 heavy (non-hydrogen) atoms. The molecule has 2 aliphatic rings. The van der Waals surface area contributed by atoms with Gasteiger partial charge in [0.05, 0.1) is 24.1 Å². The molecule has 2 saturated heterocycles. The minimum absolute atomic E-state index is 0.00941. The van der Waals surface area contributed by atoms with E-state index in [1.54, 1.807) is 25.3 Å². The van der Waals surface area contributed by atoms with Gasteiger partial charge in [0.2, 0.25) is 0 Å². The number of anilines is 1. The van der Waals surface area contributed by atoms with Crippen molar-refractivity contribution in [2.24, 2.45) is 0 Å². The summed E-state index contributed by atoms with van der Waals surface area (Å²) >= 11 is 6.55. The predicted molar refractivity (Wildman–Crippen MR) is 164 cm³/mol. The van der Waals surface area contributed by atoms with Crippen LogP contribution < -0.4 is 9.64 Å². The molecule has 0 spiro atoms. The maximum Gasteiger partial charge on any atom is 0.410 e. The number of esters is 1. The highest BCUT2D eigenvalue weighted by molar-refractivity contribution is 6.36. The molecular weight excluding hydrogens is 589 g/mol. The molecule has 2 aromatic heterocycles. The largest absolute Gasteiger partial charge is 0.463 e. The summed E-state index contributed by atoms with van der Waals surface area (Å²) in [5.74, 6) is -0.860. The molecule has 6 rings (SSSR count). The Bertz CT molecular complexity index is 1740. The summed E-state index contributed by atoms with van der Waals surface area (Å²) in [5, 5.41) is 2.37. The molecule has 2 atom stereocenters. The van der Waals surface area contributed by atoms with Crippen molar-refractivity contribution < 1.29 is 28.2 Å². The van der Waals surface area contributed by atoms with E-state index >= 15 is 4.39 Å². The van der Waals surface area contributed by atoms with Gasteiger partial charge in [-0.25, -0.2) is 14.0 Å². The monoisotopic (exact) mass is 621 g/mol. The molecule has 10 nitrogen and oxygen atoms in total. The maximum absolute atomic E-state index is 16.5. The normalized spacial score (nSPS) is 18.1. The van der Waals surface area contributed by atoms with Gasteiger partial charge < -0.3 is 19.1 Å². The van der Waals surface area contributed by atoms with Crippen LogP contribution in [0.25, 0.3) is 32.9 Å². The van der Waals surface area contributed by atoms with Gasteiger partial charge in [0.15, 0.2) is 12.4 Å². The minimum Gasteiger partial charge on any atom is -0.463 e. The number of pyridine rings is 1. The molecule has 2 bridgehead atoms. The van der Waals surface area contributed by atoms with Crippen molar-refractivity contribution in [2.45, 2.75) is 58.2 Å². The summed E-state index contributed by atoms with van der Waals surface area (Å²) < 4.78 is 32.8. The Hall–Kier alpha value is -4.25. The van der Waals surface area contributed by atoms with Gasteiger partial charge in [-0.2, -0.15) is 9.97 Å². The third kappa shape index (κ3) is 5.68. The average Bonchev–Trinajstić information content (AvgIpc) is 3.25. The van der Waals surface area contributed by atoms with Gasteiger partial charge in [-0.05, 0) is 52.0 Å². The number of rotatable bonds is 6. The number of nitrogens with zero attached hydrogens (tertiary/aromatic N) is 5. The van der Waals surface area contributed by atoms with Crippen molar-refractivity contribution in [3.8, 4) is 17.3 Å². The summed E-state index contributed by atoms with van der Waals surface area (Å²) in [6.45, 7) is 7.87. The van der Waals surface area contributed by atoms with Crippen molar-refractivity contribution in [1.29, 1.82) is 0 Å². The van der Waals surface area contributed by atoms with E-state index < -0.39 is 24.0 Å². The molecule has 4 heterocycles. The number of benzene rings is 2. The van der Waals surface area contributed by atoms with Crippen LogP contribution in [0.1, 0.15) is 40.5 Å². The number of aromatic nitrogens is 3. The first-order valence-electron chi connectivity index (χ1n) is 14.6. The first kappa shape index (κ1) is 29.8. The molecule has 2 aromatic carbocycles. The molecule has 0 radical (unpaired) electrons. The first-order chi connectivity index (χ1) is 21.0. The van der Waals surface area contributed by atoms with E-state index in [0.29, 0.717) is 40.3 Å². The number of ether oxygens (including phenoxy) is 3. The summed E-state index contributed by atoms with van der Waals surface area (Å²) in [6.07, 6.45) is 2.81. The van der Waals surface area contributed by atoms with Crippen LogP contribution in [0.3, 0.4) is 0 Å². The van der Waals surface area contributed by atoms with Gasteiger partial charge in [-0.15, -0.1) is 0 Å². The highest BCUT2D eigenvalue weighted by Crippen LogP contribution is 2.39. The molecule has 2 fully saturated rings. The molecule has 2 aliphatic heterocycles. The van der Waals surface area contributed by atoms with Crippen LogP contribution in [-0.2, 0) is 14.3 Å². The third-order valence-electron chi connectivity index (χ3n) is 7.76. The van der Waals surface area contributed by atoms with Gasteiger partial charge in [0.25, 0.3) is 0 Å². The van der Waals surface area contributed by atoms with Crippen LogP contribution in [0.5, 0.6) is 6.01 Å². The van der Waals surface area contributed by atoms with E-state index in [9.17, 15) is 9.59 Å². The molecule has 0 aliphatic carbocycles. The first-order valence-corrected chi connectivity index (χ1v) is 15.0. The fraction of sp³-hybridized carbons (Fsp3) is 0.406. The molecule has 230 valence electrons. The number of hydrogen-bond donors (Lipinski definition) is 0. The molecule has 12 heteroatoms. The van der Waals surface area contributed by atoms with E-state index in [1.807, 2.05) is 54.8 Å². The summed E-state index contributed by atoms with van der Waals surface area (Å²) in [5.41, 5.74) is -0.0285. The number of fused-ring (bicyclic) bond motifs is 4. The lowest BCUT2D eigenvalue weighted by molar-refractivity contribution is -0.145. The molecule has 0 unspecified atom stereocenters. The van der Waals surface area contributed by atoms with E-state index in [-0.39, 0.29) is 42.0 Å². The number of halogens is 2. The van der Waals surface area contributed by atoms with Gasteiger partial charge >= 0.3 is 18.1 Å². The highest BCUT2D eigenvalue weighted by atomic mass is 35.5. The average molecular weight is 622 g/mol. The number of carbonyl (C=O) groups is 2. The second-order valence-corrected chi connectivity index (χ2v) is 12.3. The minimum atomic E-state index is -0.671. The third-order valence-corrected chi connectivity index (χ3v) is 8.08. The summed E-state index contributed by atoms with van der Waals surface area (Å²) in [6, 6.07) is 10.6. The van der Waals surface area contributed by atoms with Crippen LogP contribution in [0, 0.1) is 5.82 Å². The zero-order chi connectivity index (χ0) is 31.2. The van der Waals surface area contributed by atoms with Crippen LogP contribution in [0.4, 0.5) is 15.0 Å². The fourth-order valence-electron chi connectivity index (χ4n) is 6.02. The van der Waals surface area contributed by atoms with Crippen molar-refractivity contribution in [3.05, 3.63) is 53.4 Å². The second kappa shape index (κ2) is 11.7. The predicted octanol–water partition coefficient (Wildman–Crippen LogP) is 6.17. The van der Waals surface area contributed by atoms with E-state index in [1.165, 1.54) is 0 Å². The highest BCUT2D eigenvalue weighted by Gasteiger charge is 2.45. The zero-order valence-electron chi connectivity index (χ0n) is 25.0.